The van der Waals surface area contributed by atoms with Crippen molar-refractivity contribution in [3.8, 4) is 11.5 Å². The Hall–Kier alpha value is -2.68. The minimum atomic E-state index is -0.487. The Labute approximate surface area is 154 Å². The van der Waals surface area contributed by atoms with Crippen molar-refractivity contribution in [2.75, 3.05) is 5.32 Å². The molecule has 0 aliphatic rings. The average Bonchev–Trinajstić information content (AvgIpc) is 3.24. The SMILES string of the molecule is CC(C)n1nccc1NC(=O)[C@@H](C)Sc1nnc(-c2ccccc2F)o1. The van der Waals surface area contributed by atoms with E-state index in [1.165, 1.54) is 6.07 Å². The van der Waals surface area contributed by atoms with E-state index in [0.717, 1.165) is 11.8 Å². The van der Waals surface area contributed by atoms with Crippen LogP contribution in [0.15, 0.2) is 46.2 Å². The Balaban J connectivity index is 1.66. The number of carbonyl (C=O) groups is 1. The predicted octanol–water partition coefficient (Wildman–Crippen LogP) is 3.77. The number of thioether (sulfide) groups is 1. The topological polar surface area (TPSA) is 85.8 Å². The van der Waals surface area contributed by atoms with E-state index in [1.807, 2.05) is 13.8 Å². The third kappa shape index (κ3) is 3.93. The summed E-state index contributed by atoms with van der Waals surface area (Å²) < 4.78 is 21.0. The van der Waals surface area contributed by atoms with Gasteiger partial charge in [-0.1, -0.05) is 23.9 Å². The largest absolute Gasteiger partial charge is 0.411 e. The smallest absolute Gasteiger partial charge is 0.277 e. The number of anilines is 1. The molecule has 136 valence electrons. The van der Waals surface area contributed by atoms with Crippen molar-refractivity contribution in [3.05, 3.63) is 42.3 Å². The molecule has 0 bridgehead atoms. The van der Waals surface area contributed by atoms with Crippen molar-refractivity contribution in [2.45, 2.75) is 37.3 Å². The van der Waals surface area contributed by atoms with E-state index in [1.54, 1.807) is 42.1 Å². The Morgan fingerprint density at radius 3 is 2.73 bits per heavy atom. The standard InChI is InChI=1S/C17H18FN5O2S/c1-10(2)23-14(8-9-19-23)20-15(24)11(3)26-17-22-21-16(25-17)12-6-4-5-7-13(12)18/h4-11H,1-3H3,(H,20,24)/t11-/m1/s1. The van der Waals surface area contributed by atoms with Crippen LogP contribution in [0.4, 0.5) is 10.2 Å². The lowest BCUT2D eigenvalue weighted by Gasteiger charge is -2.13. The second-order valence-corrected chi connectivity index (χ2v) is 7.15. The summed E-state index contributed by atoms with van der Waals surface area (Å²) in [4.78, 5) is 12.4. The number of nitrogens with zero attached hydrogens (tertiary/aromatic N) is 4. The number of nitrogens with one attached hydrogen (secondary N) is 1. The first-order chi connectivity index (χ1) is 12.5. The maximum atomic E-state index is 13.8. The minimum Gasteiger partial charge on any atom is -0.411 e. The molecule has 1 atom stereocenters. The van der Waals surface area contributed by atoms with Crippen LogP contribution < -0.4 is 5.32 Å². The van der Waals surface area contributed by atoms with E-state index in [9.17, 15) is 9.18 Å². The van der Waals surface area contributed by atoms with Crippen LogP contribution in [0, 0.1) is 5.82 Å². The summed E-state index contributed by atoms with van der Waals surface area (Å²) in [7, 11) is 0. The van der Waals surface area contributed by atoms with Crippen LogP contribution in [0.2, 0.25) is 0 Å². The number of rotatable bonds is 6. The number of carbonyl (C=O) groups excluding carboxylic acids is 1. The fraction of sp³-hybridized carbons (Fsp3) is 0.294. The zero-order chi connectivity index (χ0) is 18.7. The van der Waals surface area contributed by atoms with Gasteiger partial charge in [-0.25, -0.2) is 9.07 Å². The molecule has 0 spiro atoms. The van der Waals surface area contributed by atoms with Gasteiger partial charge in [-0.05, 0) is 32.9 Å². The molecule has 0 saturated carbocycles. The average molecular weight is 375 g/mol. The second-order valence-electron chi connectivity index (χ2n) is 5.86. The molecule has 9 heteroatoms. The van der Waals surface area contributed by atoms with Gasteiger partial charge in [-0.3, -0.25) is 4.79 Å². The maximum Gasteiger partial charge on any atom is 0.277 e. The zero-order valence-electron chi connectivity index (χ0n) is 14.5. The summed E-state index contributed by atoms with van der Waals surface area (Å²) in [6, 6.07) is 8.00. The van der Waals surface area contributed by atoms with Gasteiger partial charge in [-0.2, -0.15) is 5.10 Å². The highest BCUT2D eigenvalue weighted by molar-refractivity contribution is 8.00. The zero-order valence-corrected chi connectivity index (χ0v) is 15.3. The number of amides is 1. The molecule has 1 aromatic carbocycles. The fourth-order valence-corrected chi connectivity index (χ4v) is 2.94. The van der Waals surface area contributed by atoms with Crippen molar-refractivity contribution in [2.24, 2.45) is 0 Å². The number of hydrogen-bond donors (Lipinski definition) is 1. The number of hydrogen-bond acceptors (Lipinski definition) is 6. The number of benzene rings is 1. The molecule has 0 aliphatic carbocycles. The molecule has 0 saturated heterocycles. The van der Waals surface area contributed by atoms with E-state index in [0.29, 0.717) is 5.82 Å². The van der Waals surface area contributed by atoms with Crippen molar-refractivity contribution in [1.29, 1.82) is 0 Å². The normalized spacial score (nSPS) is 12.3. The quantitative estimate of drug-likeness (QED) is 0.660. The van der Waals surface area contributed by atoms with Gasteiger partial charge in [0.25, 0.3) is 11.1 Å². The van der Waals surface area contributed by atoms with Crippen LogP contribution in [-0.4, -0.2) is 31.1 Å². The van der Waals surface area contributed by atoms with Crippen molar-refractivity contribution in [1.82, 2.24) is 20.0 Å². The van der Waals surface area contributed by atoms with Gasteiger partial charge in [0.15, 0.2) is 0 Å². The predicted molar refractivity (Wildman–Crippen MR) is 96.3 cm³/mol. The van der Waals surface area contributed by atoms with Gasteiger partial charge in [0.05, 0.1) is 17.0 Å². The highest BCUT2D eigenvalue weighted by atomic mass is 32.2. The number of aromatic nitrogens is 4. The highest BCUT2D eigenvalue weighted by Crippen LogP contribution is 2.28. The molecule has 2 heterocycles. The first kappa shape index (κ1) is 18.1. The molecule has 0 aliphatic heterocycles. The molecule has 0 radical (unpaired) electrons. The first-order valence-corrected chi connectivity index (χ1v) is 8.93. The van der Waals surface area contributed by atoms with Crippen molar-refractivity contribution >= 4 is 23.5 Å². The third-order valence-electron chi connectivity index (χ3n) is 3.57. The Bertz CT molecular complexity index is 908. The highest BCUT2D eigenvalue weighted by Gasteiger charge is 2.21. The van der Waals surface area contributed by atoms with E-state index < -0.39 is 11.1 Å². The van der Waals surface area contributed by atoms with E-state index in [4.69, 9.17) is 4.42 Å². The van der Waals surface area contributed by atoms with Gasteiger partial charge in [0.1, 0.15) is 11.6 Å². The van der Waals surface area contributed by atoms with Gasteiger partial charge in [0, 0.05) is 12.1 Å². The lowest BCUT2D eigenvalue weighted by atomic mass is 10.2. The Morgan fingerprint density at radius 1 is 1.23 bits per heavy atom. The molecule has 3 aromatic rings. The van der Waals surface area contributed by atoms with Crippen LogP contribution in [0.3, 0.4) is 0 Å². The summed E-state index contributed by atoms with van der Waals surface area (Å²) in [5, 5.41) is 14.4. The first-order valence-electron chi connectivity index (χ1n) is 8.05. The van der Waals surface area contributed by atoms with Crippen LogP contribution in [0.5, 0.6) is 0 Å². The molecule has 1 amide bonds. The molecule has 2 aromatic heterocycles. The van der Waals surface area contributed by atoms with Gasteiger partial charge < -0.3 is 9.73 Å². The van der Waals surface area contributed by atoms with Crippen LogP contribution >= 0.6 is 11.8 Å². The second kappa shape index (κ2) is 7.69. The molecular formula is C17H18FN5O2S. The van der Waals surface area contributed by atoms with Crippen molar-refractivity contribution < 1.29 is 13.6 Å². The summed E-state index contributed by atoms with van der Waals surface area (Å²) in [5.74, 6) is 0.0367. The van der Waals surface area contributed by atoms with E-state index in [-0.39, 0.29) is 28.6 Å². The molecule has 26 heavy (non-hydrogen) atoms. The Kier molecular flexibility index (Phi) is 5.36. The molecule has 7 nitrogen and oxygen atoms in total. The molecule has 3 rings (SSSR count). The fourth-order valence-electron chi connectivity index (χ4n) is 2.26. The summed E-state index contributed by atoms with van der Waals surface area (Å²) in [6.07, 6.45) is 1.63. The van der Waals surface area contributed by atoms with Crippen LogP contribution in [0.1, 0.15) is 26.8 Å². The Morgan fingerprint density at radius 2 is 2.00 bits per heavy atom. The maximum absolute atomic E-state index is 13.8. The van der Waals surface area contributed by atoms with Crippen LogP contribution in [0.25, 0.3) is 11.5 Å². The summed E-state index contributed by atoms with van der Waals surface area (Å²) in [5.41, 5.74) is 0.227. The lowest BCUT2D eigenvalue weighted by molar-refractivity contribution is -0.115. The molecule has 1 N–H and O–H groups in total. The van der Waals surface area contributed by atoms with Gasteiger partial charge in [-0.15, -0.1) is 10.2 Å². The van der Waals surface area contributed by atoms with Crippen molar-refractivity contribution in [3.63, 3.8) is 0 Å². The molecule has 0 fully saturated rings. The molecule has 0 unspecified atom stereocenters. The molecular weight excluding hydrogens is 357 g/mol. The van der Waals surface area contributed by atoms with Gasteiger partial charge >= 0.3 is 0 Å². The summed E-state index contributed by atoms with van der Waals surface area (Å²) >= 11 is 1.10. The van der Waals surface area contributed by atoms with E-state index >= 15 is 0 Å². The lowest BCUT2D eigenvalue weighted by Crippen LogP contribution is -2.24. The summed E-state index contributed by atoms with van der Waals surface area (Å²) in [6.45, 7) is 5.68. The monoisotopic (exact) mass is 375 g/mol. The number of halogens is 1. The minimum absolute atomic E-state index is 0.0797. The van der Waals surface area contributed by atoms with Gasteiger partial charge in [0.2, 0.25) is 5.91 Å². The third-order valence-corrected chi connectivity index (χ3v) is 4.50. The van der Waals surface area contributed by atoms with E-state index in [2.05, 4.69) is 20.6 Å². The van der Waals surface area contributed by atoms with Crippen LogP contribution in [-0.2, 0) is 4.79 Å².